The SMILES string of the molecule is [2H]C([2H])([2H])C(=O)NC[C@H]1CN(c2ccc(N3CCOCC3)cc2)C(=O)O1. The highest BCUT2D eigenvalue weighted by Crippen LogP contribution is 2.25. The summed E-state index contributed by atoms with van der Waals surface area (Å²) in [7, 11) is 0. The molecule has 0 bridgehead atoms. The first-order chi connectivity index (χ1) is 12.3. The largest absolute Gasteiger partial charge is 0.442 e. The fourth-order valence-corrected chi connectivity index (χ4v) is 2.71. The molecule has 2 amide bonds. The number of carbonyl (C=O) groups excluding carboxylic acids is 2. The van der Waals surface area contributed by atoms with Crippen molar-refractivity contribution >= 4 is 23.4 Å². The number of anilines is 2. The van der Waals surface area contributed by atoms with Gasteiger partial charge in [-0.25, -0.2) is 4.79 Å². The van der Waals surface area contributed by atoms with Gasteiger partial charge in [0.1, 0.15) is 6.10 Å². The van der Waals surface area contributed by atoms with Crippen molar-refractivity contribution in [3.05, 3.63) is 24.3 Å². The van der Waals surface area contributed by atoms with E-state index in [0.717, 1.165) is 18.8 Å². The van der Waals surface area contributed by atoms with Gasteiger partial charge >= 0.3 is 6.09 Å². The lowest BCUT2D eigenvalue weighted by Crippen LogP contribution is -2.36. The van der Waals surface area contributed by atoms with E-state index in [0.29, 0.717) is 18.9 Å². The van der Waals surface area contributed by atoms with Gasteiger partial charge in [-0.3, -0.25) is 9.69 Å². The molecule has 1 atom stereocenters. The van der Waals surface area contributed by atoms with Crippen molar-refractivity contribution in [2.24, 2.45) is 0 Å². The molecule has 0 aliphatic carbocycles. The number of morpholine rings is 1. The fraction of sp³-hybridized carbons (Fsp3) is 0.500. The second-order valence-corrected chi connectivity index (χ2v) is 5.44. The van der Waals surface area contributed by atoms with Gasteiger partial charge in [0.2, 0.25) is 5.91 Å². The molecule has 0 radical (unpaired) electrons. The van der Waals surface area contributed by atoms with Gasteiger partial charge in [0.25, 0.3) is 0 Å². The Hall–Kier alpha value is -2.28. The third-order valence-electron chi connectivity index (χ3n) is 3.90. The fourth-order valence-electron chi connectivity index (χ4n) is 2.71. The average Bonchev–Trinajstić information content (AvgIpc) is 3.00. The Morgan fingerprint density at radius 1 is 1.30 bits per heavy atom. The molecule has 2 heterocycles. The van der Waals surface area contributed by atoms with Crippen LogP contribution < -0.4 is 15.1 Å². The number of amides is 2. The number of carbonyl (C=O) groups is 2. The van der Waals surface area contributed by atoms with E-state index in [1.54, 1.807) is 0 Å². The quantitative estimate of drug-likeness (QED) is 0.895. The molecule has 2 aliphatic heterocycles. The summed E-state index contributed by atoms with van der Waals surface area (Å²) in [4.78, 5) is 27.1. The Balaban J connectivity index is 1.57. The van der Waals surface area contributed by atoms with Crippen LogP contribution in [0.3, 0.4) is 0 Å². The number of hydrogen-bond donors (Lipinski definition) is 1. The second kappa shape index (κ2) is 6.87. The summed E-state index contributed by atoms with van der Waals surface area (Å²) >= 11 is 0. The van der Waals surface area contributed by atoms with Crippen LogP contribution in [-0.2, 0) is 14.3 Å². The van der Waals surface area contributed by atoms with Crippen LogP contribution in [0.5, 0.6) is 0 Å². The van der Waals surface area contributed by atoms with E-state index in [1.807, 2.05) is 24.3 Å². The zero-order valence-electron chi connectivity index (χ0n) is 15.7. The summed E-state index contributed by atoms with van der Waals surface area (Å²) in [5.74, 6) is -1.05. The van der Waals surface area contributed by atoms with Gasteiger partial charge in [-0.2, -0.15) is 0 Å². The summed E-state index contributed by atoms with van der Waals surface area (Å²) in [5.41, 5.74) is 1.75. The molecule has 0 spiro atoms. The first-order valence-corrected chi connectivity index (χ1v) is 7.54. The van der Waals surface area contributed by atoms with Crippen LogP contribution in [0, 0.1) is 0 Å². The van der Waals surface area contributed by atoms with Gasteiger partial charge in [0.05, 0.1) is 26.3 Å². The van der Waals surface area contributed by atoms with E-state index in [4.69, 9.17) is 13.6 Å². The maximum absolute atomic E-state index is 12.1. The van der Waals surface area contributed by atoms with Crippen LogP contribution in [0.25, 0.3) is 0 Å². The van der Waals surface area contributed by atoms with E-state index in [9.17, 15) is 9.59 Å². The minimum absolute atomic E-state index is 0.0364. The van der Waals surface area contributed by atoms with Crippen molar-refractivity contribution < 1.29 is 23.2 Å². The van der Waals surface area contributed by atoms with Crippen LogP contribution in [0.2, 0.25) is 0 Å². The number of ether oxygens (including phenoxy) is 2. The Kier molecular flexibility index (Phi) is 3.64. The average molecular weight is 322 g/mol. The van der Waals surface area contributed by atoms with Crippen molar-refractivity contribution in [2.45, 2.75) is 13.0 Å². The van der Waals surface area contributed by atoms with E-state index in [1.165, 1.54) is 4.90 Å². The predicted octanol–water partition coefficient (Wildman–Crippen LogP) is 0.984. The third kappa shape index (κ3) is 3.73. The number of cyclic esters (lactones) is 1. The van der Waals surface area contributed by atoms with Gasteiger partial charge < -0.3 is 19.7 Å². The molecule has 0 unspecified atom stereocenters. The van der Waals surface area contributed by atoms with E-state index in [-0.39, 0.29) is 13.1 Å². The highest BCUT2D eigenvalue weighted by Gasteiger charge is 2.32. The number of nitrogens with zero attached hydrogens (tertiary/aromatic N) is 2. The molecule has 0 aromatic heterocycles. The molecular weight excluding hydrogens is 298 g/mol. The van der Waals surface area contributed by atoms with Crippen molar-refractivity contribution in [2.75, 3.05) is 49.2 Å². The lowest BCUT2D eigenvalue weighted by atomic mass is 10.2. The molecule has 7 heteroatoms. The van der Waals surface area contributed by atoms with Crippen LogP contribution in [-0.4, -0.2) is 57.5 Å². The minimum atomic E-state index is -2.71. The Morgan fingerprint density at radius 2 is 2.00 bits per heavy atom. The lowest BCUT2D eigenvalue weighted by Gasteiger charge is -2.29. The van der Waals surface area contributed by atoms with E-state index in [2.05, 4.69) is 10.2 Å². The topological polar surface area (TPSA) is 71.1 Å². The predicted molar refractivity (Wildman–Crippen MR) is 85.8 cm³/mol. The summed E-state index contributed by atoms with van der Waals surface area (Å²) in [6.07, 6.45) is -1.11. The van der Waals surface area contributed by atoms with Crippen LogP contribution in [0.15, 0.2) is 24.3 Å². The monoisotopic (exact) mass is 322 g/mol. The minimum Gasteiger partial charge on any atom is -0.442 e. The highest BCUT2D eigenvalue weighted by atomic mass is 16.6. The normalized spacial score (nSPS) is 23.7. The Bertz CT molecular complexity index is 660. The Morgan fingerprint density at radius 3 is 2.70 bits per heavy atom. The first-order valence-electron chi connectivity index (χ1n) is 9.04. The molecule has 1 aromatic rings. The molecule has 0 saturated carbocycles. The molecule has 1 aromatic carbocycles. The van der Waals surface area contributed by atoms with Crippen LogP contribution in [0.4, 0.5) is 16.2 Å². The molecular formula is C16H21N3O4. The molecule has 1 N–H and O–H groups in total. The number of rotatable bonds is 4. The number of hydrogen-bond acceptors (Lipinski definition) is 5. The maximum Gasteiger partial charge on any atom is 0.414 e. The van der Waals surface area contributed by atoms with E-state index < -0.39 is 25.0 Å². The molecule has 2 aliphatic rings. The van der Waals surface area contributed by atoms with Gasteiger partial charge in [0, 0.05) is 35.4 Å². The molecule has 7 nitrogen and oxygen atoms in total. The smallest absolute Gasteiger partial charge is 0.414 e. The van der Waals surface area contributed by atoms with Crippen molar-refractivity contribution in [1.82, 2.24) is 5.32 Å². The van der Waals surface area contributed by atoms with Gasteiger partial charge in [-0.1, -0.05) is 0 Å². The van der Waals surface area contributed by atoms with Gasteiger partial charge in [-0.05, 0) is 24.3 Å². The first kappa shape index (κ1) is 12.2. The highest BCUT2D eigenvalue weighted by molar-refractivity contribution is 5.90. The molecule has 124 valence electrons. The number of nitrogens with one attached hydrogen (secondary N) is 1. The van der Waals surface area contributed by atoms with E-state index >= 15 is 0 Å². The summed E-state index contributed by atoms with van der Waals surface area (Å²) in [5, 5.41) is 2.29. The maximum atomic E-state index is 12.1. The molecule has 23 heavy (non-hydrogen) atoms. The summed E-state index contributed by atoms with van der Waals surface area (Å²) in [6.45, 7) is 0.556. The van der Waals surface area contributed by atoms with Gasteiger partial charge in [-0.15, -0.1) is 0 Å². The zero-order chi connectivity index (χ0) is 18.7. The standard InChI is InChI=1S/C16H21N3O4/c1-12(20)17-10-15-11-19(16(21)23-15)14-4-2-13(3-5-14)18-6-8-22-9-7-18/h2-5,15H,6-11H2,1H3,(H,17,20)/t15-/m0/s1/i1D3. The van der Waals surface area contributed by atoms with Crippen molar-refractivity contribution in [3.8, 4) is 0 Å². The van der Waals surface area contributed by atoms with Gasteiger partial charge in [0.15, 0.2) is 0 Å². The Labute approximate surface area is 139 Å². The molecule has 2 saturated heterocycles. The number of benzene rings is 1. The van der Waals surface area contributed by atoms with Crippen LogP contribution >= 0.6 is 0 Å². The second-order valence-electron chi connectivity index (χ2n) is 5.44. The summed E-state index contributed by atoms with van der Waals surface area (Å²) < 4.78 is 31.6. The van der Waals surface area contributed by atoms with Crippen molar-refractivity contribution in [3.63, 3.8) is 0 Å². The third-order valence-corrected chi connectivity index (χ3v) is 3.90. The molecule has 3 rings (SSSR count). The zero-order valence-corrected chi connectivity index (χ0v) is 12.7. The van der Waals surface area contributed by atoms with Crippen LogP contribution in [0.1, 0.15) is 11.0 Å². The lowest BCUT2D eigenvalue weighted by molar-refractivity contribution is -0.119. The molecule has 2 fully saturated rings. The van der Waals surface area contributed by atoms with Crippen molar-refractivity contribution in [1.29, 1.82) is 0 Å². The summed E-state index contributed by atoms with van der Waals surface area (Å²) in [6, 6.07) is 7.57.